The molecule has 1 aromatic carbocycles. The van der Waals surface area contributed by atoms with Crippen molar-refractivity contribution in [1.29, 1.82) is 0 Å². The molecule has 0 saturated carbocycles. The van der Waals surface area contributed by atoms with E-state index in [1.807, 2.05) is 42.5 Å². The van der Waals surface area contributed by atoms with Crippen molar-refractivity contribution < 1.29 is 9.32 Å². The summed E-state index contributed by atoms with van der Waals surface area (Å²) in [6, 6.07) is 15.2. The van der Waals surface area contributed by atoms with Gasteiger partial charge in [-0.1, -0.05) is 35.5 Å². The van der Waals surface area contributed by atoms with E-state index in [-0.39, 0.29) is 11.9 Å². The highest BCUT2D eigenvalue weighted by atomic mass is 16.5. The maximum absolute atomic E-state index is 12.8. The summed E-state index contributed by atoms with van der Waals surface area (Å²) >= 11 is 0. The number of carbonyl (C=O) groups is 1. The lowest BCUT2D eigenvalue weighted by atomic mass is 10.1. The highest BCUT2D eigenvalue weighted by Crippen LogP contribution is 2.24. The molecule has 0 atom stereocenters. The van der Waals surface area contributed by atoms with Gasteiger partial charge in [-0.25, -0.2) is 0 Å². The number of carbonyl (C=O) groups excluding carboxylic acids is 1. The number of likely N-dealkylation sites (N-methyl/N-ethyl adjacent to an activating group) is 1. The SMILES string of the molecule is CN(C(=O)c1cc(-c2ccccc2)on1)C1CN(c2ccc3nncn3n2)C1. The van der Waals surface area contributed by atoms with Gasteiger partial charge in [-0.3, -0.25) is 4.79 Å². The van der Waals surface area contributed by atoms with Crippen LogP contribution < -0.4 is 4.90 Å². The van der Waals surface area contributed by atoms with Gasteiger partial charge in [-0.05, 0) is 12.1 Å². The zero-order valence-corrected chi connectivity index (χ0v) is 15.1. The molecule has 28 heavy (non-hydrogen) atoms. The van der Waals surface area contributed by atoms with E-state index < -0.39 is 0 Å². The van der Waals surface area contributed by atoms with Crippen LogP contribution in [0.1, 0.15) is 10.5 Å². The molecule has 1 amide bonds. The number of rotatable bonds is 4. The zero-order chi connectivity index (χ0) is 19.1. The summed E-state index contributed by atoms with van der Waals surface area (Å²) in [4.78, 5) is 16.6. The average Bonchev–Trinajstić information content (AvgIpc) is 3.36. The minimum absolute atomic E-state index is 0.0859. The number of hydrogen-bond donors (Lipinski definition) is 0. The zero-order valence-electron chi connectivity index (χ0n) is 15.1. The van der Waals surface area contributed by atoms with E-state index >= 15 is 0 Å². The molecule has 5 rings (SSSR count). The van der Waals surface area contributed by atoms with Crippen LogP contribution in [0.15, 0.2) is 59.4 Å². The van der Waals surface area contributed by atoms with Crippen LogP contribution in [0.3, 0.4) is 0 Å². The second kappa shape index (κ2) is 6.45. The van der Waals surface area contributed by atoms with E-state index in [4.69, 9.17) is 4.52 Å². The van der Waals surface area contributed by atoms with E-state index in [0.29, 0.717) is 30.2 Å². The Bertz CT molecular complexity index is 1130. The lowest BCUT2D eigenvalue weighted by Gasteiger charge is -2.44. The topological polar surface area (TPSA) is 92.7 Å². The fraction of sp³-hybridized carbons (Fsp3) is 0.211. The maximum atomic E-state index is 12.8. The average molecular weight is 375 g/mol. The minimum atomic E-state index is -0.155. The molecule has 0 unspecified atom stereocenters. The maximum Gasteiger partial charge on any atom is 0.276 e. The number of fused-ring (bicyclic) bond motifs is 1. The number of hydrogen-bond acceptors (Lipinski definition) is 7. The van der Waals surface area contributed by atoms with Gasteiger partial charge in [0.1, 0.15) is 12.1 Å². The Morgan fingerprint density at radius 1 is 1.18 bits per heavy atom. The van der Waals surface area contributed by atoms with E-state index in [9.17, 15) is 4.79 Å². The van der Waals surface area contributed by atoms with Crippen LogP contribution in [0.4, 0.5) is 5.82 Å². The molecule has 9 nitrogen and oxygen atoms in total. The monoisotopic (exact) mass is 375 g/mol. The van der Waals surface area contributed by atoms with Crippen molar-refractivity contribution in [1.82, 2.24) is 29.9 Å². The summed E-state index contributed by atoms with van der Waals surface area (Å²) in [5.74, 6) is 1.26. The molecule has 0 N–H and O–H groups in total. The third-order valence-electron chi connectivity index (χ3n) is 4.99. The van der Waals surface area contributed by atoms with Gasteiger partial charge in [0.05, 0.1) is 6.04 Å². The molecule has 1 aliphatic heterocycles. The van der Waals surface area contributed by atoms with Gasteiger partial charge in [0.25, 0.3) is 5.91 Å². The molecule has 140 valence electrons. The van der Waals surface area contributed by atoms with Crippen molar-refractivity contribution in [2.45, 2.75) is 6.04 Å². The predicted molar refractivity (Wildman–Crippen MR) is 101 cm³/mol. The third-order valence-corrected chi connectivity index (χ3v) is 4.99. The summed E-state index contributed by atoms with van der Waals surface area (Å²) in [6.07, 6.45) is 1.57. The number of aromatic nitrogens is 5. The molecule has 0 bridgehead atoms. The van der Waals surface area contributed by atoms with Crippen molar-refractivity contribution >= 4 is 17.4 Å². The predicted octanol–water partition coefficient (Wildman–Crippen LogP) is 1.74. The first kappa shape index (κ1) is 16.4. The molecule has 0 spiro atoms. The fourth-order valence-corrected chi connectivity index (χ4v) is 3.24. The largest absolute Gasteiger partial charge is 0.355 e. The lowest BCUT2D eigenvalue weighted by Crippen LogP contribution is -2.60. The van der Waals surface area contributed by atoms with Gasteiger partial charge in [-0.15, -0.1) is 15.3 Å². The number of anilines is 1. The van der Waals surface area contributed by atoms with Gasteiger partial charge >= 0.3 is 0 Å². The number of benzene rings is 1. The molecule has 3 aromatic heterocycles. The molecule has 4 heterocycles. The summed E-state index contributed by atoms with van der Waals surface area (Å²) in [7, 11) is 1.79. The Kier molecular flexibility index (Phi) is 3.78. The molecular formula is C19H17N7O2. The number of amides is 1. The van der Waals surface area contributed by atoms with Crippen LogP contribution >= 0.6 is 0 Å². The molecule has 1 aliphatic rings. The molecular weight excluding hydrogens is 358 g/mol. The highest BCUT2D eigenvalue weighted by molar-refractivity contribution is 5.93. The van der Waals surface area contributed by atoms with Crippen molar-refractivity contribution in [3.8, 4) is 11.3 Å². The lowest BCUT2D eigenvalue weighted by molar-refractivity contribution is 0.0694. The van der Waals surface area contributed by atoms with Gasteiger partial charge in [0.2, 0.25) is 0 Å². The Hall–Kier alpha value is -3.75. The molecule has 1 saturated heterocycles. The standard InChI is InChI=1S/C19H17N7O2/c1-24(19(27)15-9-16(28-23-15)13-5-3-2-4-6-13)14-10-25(11-14)18-8-7-17-21-20-12-26(17)22-18/h2-9,12,14H,10-11H2,1H3. The van der Waals surface area contributed by atoms with E-state index in [1.54, 1.807) is 28.9 Å². The Balaban J connectivity index is 1.25. The van der Waals surface area contributed by atoms with Crippen LogP contribution in [0, 0.1) is 0 Å². The third kappa shape index (κ3) is 2.77. The van der Waals surface area contributed by atoms with E-state index in [0.717, 1.165) is 11.4 Å². The first-order chi connectivity index (χ1) is 13.7. The van der Waals surface area contributed by atoms with Gasteiger partial charge < -0.3 is 14.3 Å². The van der Waals surface area contributed by atoms with Crippen LogP contribution in [0.2, 0.25) is 0 Å². The quantitative estimate of drug-likeness (QED) is 0.536. The second-order valence-electron chi connectivity index (χ2n) is 6.74. The smallest absolute Gasteiger partial charge is 0.276 e. The fourth-order valence-electron chi connectivity index (χ4n) is 3.24. The van der Waals surface area contributed by atoms with Crippen LogP contribution in [-0.2, 0) is 0 Å². The van der Waals surface area contributed by atoms with Crippen molar-refractivity contribution in [2.75, 3.05) is 25.0 Å². The summed E-state index contributed by atoms with van der Waals surface area (Å²) in [6.45, 7) is 1.40. The van der Waals surface area contributed by atoms with Crippen LogP contribution in [0.25, 0.3) is 17.0 Å². The van der Waals surface area contributed by atoms with Crippen LogP contribution in [0.5, 0.6) is 0 Å². The van der Waals surface area contributed by atoms with Crippen molar-refractivity contribution in [3.63, 3.8) is 0 Å². The Labute approximate surface area is 160 Å². The first-order valence-electron chi connectivity index (χ1n) is 8.90. The number of nitrogens with zero attached hydrogens (tertiary/aromatic N) is 7. The molecule has 4 aromatic rings. The second-order valence-corrected chi connectivity index (χ2v) is 6.74. The summed E-state index contributed by atoms with van der Waals surface area (Å²) in [5.41, 5.74) is 1.90. The van der Waals surface area contributed by atoms with Crippen LogP contribution in [-0.4, -0.2) is 62.0 Å². The normalized spacial score (nSPS) is 14.2. The van der Waals surface area contributed by atoms with Gasteiger partial charge in [-0.2, -0.15) is 4.52 Å². The van der Waals surface area contributed by atoms with E-state index in [1.165, 1.54) is 0 Å². The van der Waals surface area contributed by atoms with Crippen molar-refractivity contribution in [2.24, 2.45) is 0 Å². The van der Waals surface area contributed by atoms with Gasteiger partial charge in [0, 0.05) is 31.8 Å². The molecule has 1 fully saturated rings. The van der Waals surface area contributed by atoms with E-state index in [2.05, 4.69) is 25.4 Å². The van der Waals surface area contributed by atoms with Crippen molar-refractivity contribution in [3.05, 3.63) is 60.6 Å². The molecule has 0 radical (unpaired) electrons. The first-order valence-corrected chi connectivity index (χ1v) is 8.90. The summed E-state index contributed by atoms with van der Waals surface area (Å²) in [5, 5.41) is 16.2. The van der Waals surface area contributed by atoms with Gasteiger partial charge in [0.15, 0.2) is 17.1 Å². The summed E-state index contributed by atoms with van der Waals surface area (Å²) < 4.78 is 6.98. The Morgan fingerprint density at radius 3 is 2.82 bits per heavy atom. The Morgan fingerprint density at radius 2 is 2.00 bits per heavy atom. The molecule has 0 aliphatic carbocycles. The molecule has 9 heteroatoms. The highest BCUT2D eigenvalue weighted by Gasteiger charge is 2.34. The minimum Gasteiger partial charge on any atom is -0.355 e.